The average Bonchev–Trinajstić information content (AvgIpc) is 1.35. The van der Waals surface area contributed by atoms with Crippen LogP contribution in [0.4, 0.5) is 0 Å². The highest BCUT2D eigenvalue weighted by molar-refractivity contribution is 9.06. The molecule has 0 aromatic rings. The number of rotatable bonds is 0. The Morgan fingerprint density at radius 2 is 1.50 bits per heavy atom. The highest BCUT2D eigenvalue weighted by Gasteiger charge is 2.06. The standard InChI is InChI=1S/C4H9BrO/c1-4(2,3)6-5/h1-3H3. The molecule has 0 N–H and O–H groups in total. The minimum absolute atomic E-state index is 0.0417. The zero-order valence-corrected chi connectivity index (χ0v) is 5.87. The Balaban J connectivity index is 3.17. The van der Waals surface area contributed by atoms with Crippen LogP contribution in [0, 0.1) is 0 Å². The van der Waals surface area contributed by atoms with Gasteiger partial charge in [-0.15, -0.1) is 0 Å². The summed E-state index contributed by atoms with van der Waals surface area (Å²) in [6.45, 7) is 5.92. The zero-order chi connectivity index (χ0) is 5.21. The number of hydrogen-bond acceptors (Lipinski definition) is 1. The van der Waals surface area contributed by atoms with Gasteiger partial charge < -0.3 is 3.83 Å². The second kappa shape index (κ2) is 1.94. The third-order valence-electron chi connectivity index (χ3n) is 0.231. The Morgan fingerprint density at radius 3 is 1.50 bits per heavy atom. The van der Waals surface area contributed by atoms with Gasteiger partial charge in [0, 0.05) is 0 Å². The van der Waals surface area contributed by atoms with Crippen molar-refractivity contribution in [1.82, 2.24) is 0 Å². The lowest BCUT2D eigenvalue weighted by Crippen LogP contribution is -2.12. The van der Waals surface area contributed by atoms with Gasteiger partial charge in [-0.25, -0.2) is 0 Å². The molecule has 0 aliphatic rings. The van der Waals surface area contributed by atoms with Gasteiger partial charge in [0.05, 0.1) is 21.9 Å². The van der Waals surface area contributed by atoms with Crippen LogP contribution in [0.3, 0.4) is 0 Å². The Hall–Kier alpha value is 0.440. The van der Waals surface area contributed by atoms with Gasteiger partial charge >= 0.3 is 0 Å². The molecule has 0 heterocycles. The molecule has 0 fully saturated rings. The van der Waals surface area contributed by atoms with Crippen molar-refractivity contribution in [3.05, 3.63) is 0 Å². The Kier molecular flexibility index (Phi) is 2.08. The quantitative estimate of drug-likeness (QED) is 0.517. The molecule has 38 valence electrons. The van der Waals surface area contributed by atoms with Crippen LogP contribution in [-0.2, 0) is 3.83 Å². The summed E-state index contributed by atoms with van der Waals surface area (Å²) in [5.41, 5.74) is -0.0417. The first-order valence-corrected chi connectivity index (χ1v) is 2.51. The van der Waals surface area contributed by atoms with Crippen LogP contribution >= 0.6 is 16.3 Å². The van der Waals surface area contributed by atoms with Crippen molar-refractivity contribution in [3.63, 3.8) is 0 Å². The van der Waals surface area contributed by atoms with Crippen molar-refractivity contribution in [2.45, 2.75) is 26.4 Å². The van der Waals surface area contributed by atoms with Crippen molar-refractivity contribution < 1.29 is 3.83 Å². The van der Waals surface area contributed by atoms with Gasteiger partial charge in [0.15, 0.2) is 0 Å². The van der Waals surface area contributed by atoms with Crippen LogP contribution in [0.1, 0.15) is 20.8 Å². The molecule has 0 bridgehead atoms. The summed E-state index contributed by atoms with van der Waals surface area (Å²) in [5.74, 6) is 0. The molecule has 0 aliphatic heterocycles. The van der Waals surface area contributed by atoms with E-state index in [1.54, 1.807) is 0 Å². The predicted molar refractivity (Wildman–Crippen MR) is 29.8 cm³/mol. The molecule has 0 unspecified atom stereocenters. The highest BCUT2D eigenvalue weighted by atomic mass is 79.9. The van der Waals surface area contributed by atoms with E-state index in [2.05, 4.69) is 16.3 Å². The predicted octanol–water partition coefficient (Wildman–Crippen LogP) is 2.11. The minimum Gasteiger partial charge on any atom is -0.302 e. The van der Waals surface area contributed by atoms with Crippen LogP contribution in [0.25, 0.3) is 0 Å². The van der Waals surface area contributed by atoms with Gasteiger partial charge in [0.1, 0.15) is 0 Å². The molecule has 6 heavy (non-hydrogen) atoms. The van der Waals surface area contributed by atoms with Gasteiger partial charge in [-0.1, -0.05) is 0 Å². The topological polar surface area (TPSA) is 9.23 Å². The van der Waals surface area contributed by atoms with Crippen LogP contribution in [0.15, 0.2) is 0 Å². The van der Waals surface area contributed by atoms with Crippen LogP contribution in [0.5, 0.6) is 0 Å². The van der Waals surface area contributed by atoms with Crippen LogP contribution in [-0.4, -0.2) is 5.60 Å². The third kappa shape index (κ3) is 4.44. The molecule has 0 saturated heterocycles. The first-order chi connectivity index (χ1) is 2.56. The molecular formula is C4H9BrO. The molecule has 0 amide bonds. The number of halogens is 1. The summed E-state index contributed by atoms with van der Waals surface area (Å²) in [6, 6.07) is 0. The van der Waals surface area contributed by atoms with E-state index < -0.39 is 0 Å². The van der Waals surface area contributed by atoms with Crippen molar-refractivity contribution in [2.75, 3.05) is 0 Å². The normalized spacial score (nSPS) is 12.0. The fourth-order valence-electron chi connectivity index (χ4n) is 0. The fourth-order valence-corrected chi connectivity index (χ4v) is 0. The van der Waals surface area contributed by atoms with E-state index >= 15 is 0 Å². The van der Waals surface area contributed by atoms with Gasteiger partial charge in [-0.3, -0.25) is 0 Å². The molecule has 1 nitrogen and oxygen atoms in total. The number of hydrogen-bond donors (Lipinski definition) is 0. The zero-order valence-electron chi connectivity index (χ0n) is 4.29. The highest BCUT2D eigenvalue weighted by Crippen LogP contribution is 2.09. The summed E-state index contributed by atoms with van der Waals surface area (Å²) < 4.78 is 4.75. The summed E-state index contributed by atoms with van der Waals surface area (Å²) in [4.78, 5) is 0. The monoisotopic (exact) mass is 152 g/mol. The molecule has 2 heteroatoms. The van der Waals surface area contributed by atoms with E-state index in [0.29, 0.717) is 0 Å². The van der Waals surface area contributed by atoms with E-state index in [0.717, 1.165) is 0 Å². The SMILES string of the molecule is CC(C)(C)OBr. The average molecular weight is 153 g/mol. The molecule has 0 spiro atoms. The smallest absolute Gasteiger partial charge is 0.0993 e. The Bertz CT molecular complexity index is 37.3. The van der Waals surface area contributed by atoms with E-state index in [1.165, 1.54) is 0 Å². The van der Waals surface area contributed by atoms with Gasteiger partial charge in [0.2, 0.25) is 0 Å². The van der Waals surface area contributed by atoms with Crippen molar-refractivity contribution in [2.24, 2.45) is 0 Å². The molecule has 0 saturated carbocycles. The first kappa shape index (κ1) is 6.44. The van der Waals surface area contributed by atoms with E-state index in [9.17, 15) is 0 Å². The van der Waals surface area contributed by atoms with Crippen molar-refractivity contribution >= 4 is 16.3 Å². The second-order valence-corrected chi connectivity index (χ2v) is 2.51. The largest absolute Gasteiger partial charge is 0.302 e. The summed E-state index contributed by atoms with van der Waals surface area (Å²) >= 11 is 2.87. The second-order valence-electron chi connectivity index (χ2n) is 2.19. The maximum atomic E-state index is 4.75. The third-order valence-corrected chi connectivity index (χ3v) is 1.20. The van der Waals surface area contributed by atoms with E-state index in [-0.39, 0.29) is 5.60 Å². The first-order valence-electron chi connectivity index (χ1n) is 1.86. The van der Waals surface area contributed by atoms with Crippen molar-refractivity contribution in [1.29, 1.82) is 0 Å². The van der Waals surface area contributed by atoms with Gasteiger partial charge in [-0.2, -0.15) is 0 Å². The molecular weight excluding hydrogens is 144 g/mol. The molecule has 0 rings (SSSR count). The summed E-state index contributed by atoms with van der Waals surface area (Å²) in [6.07, 6.45) is 0. The van der Waals surface area contributed by atoms with Crippen molar-refractivity contribution in [3.8, 4) is 0 Å². The van der Waals surface area contributed by atoms with Gasteiger partial charge in [0.25, 0.3) is 0 Å². The molecule has 0 radical (unpaired) electrons. The van der Waals surface area contributed by atoms with Gasteiger partial charge in [-0.05, 0) is 20.8 Å². The van der Waals surface area contributed by atoms with E-state index in [1.807, 2.05) is 20.8 Å². The fraction of sp³-hybridized carbons (Fsp3) is 1.00. The van der Waals surface area contributed by atoms with E-state index in [4.69, 9.17) is 3.83 Å². The molecule has 0 aromatic heterocycles. The maximum Gasteiger partial charge on any atom is 0.0993 e. The summed E-state index contributed by atoms with van der Waals surface area (Å²) in [7, 11) is 0. The summed E-state index contributed by atoms with van der Waals surface area (Å²) in [5, 5.41) is 0. The maximum absolute atomic E-state index is 4.75. The Morgan fingerprint density at radius 1 is 1.33 bits per heavy atom. The molecule has 0 atom stereocenters. The Labute approximate surface area is 47.1 Å². The van der Waals surface area contributed by atoms with Crippen LogP contribution < -0.4 is 0 Å². The molecule has 0 aliphatic carbocycles. The lowest BCUT2D eigenvalue weighted by molar-refractivity contribution is 0.180. The molecule has 0 aromatic carbocycles. The lowest BCUT2D eigenvalue weighted by Gasteiger charge is -2.11. The minimum atomic E-state index is -0.0417. The van der Waals surface area contributed by atoms with Crippen LogP contribution in [0.2, 0.25) is 0 Å². The lowest BCUT2D eigenvalue weighted by atomic mass is 10.2.